The van der Waals surface area contributed by atoms with Crippen LogP contribution in [0.25, 0.3) is 5.69 Å². The van der Waals surface area contributed by atoms with Crippen LogP contribution in [0.5, 0.6) is 11.5 Å². The third kappa shape index (κ3) is 5.21. The molecule has 2 heterocycles. The molecular formula is C18H25N3O5S. The van der Waals surface area contributed by atoms with Crippen LogP contribution in [0.1, 0.15) is 13.3 Å². The number of nitrogens with one attached hydrogen (secondary N) is 1. The second kappa shape index (κ2) is 8.73. The smallest absolute Gasteiger partial charge is 0.211 e. The molecule has 1 saturated heterocycles. The van der Waals surface area contributed by atoms with Crippen LogP contribution in [0, 0.1) is 5.92 Å². The molecule has 9 heteroatoms. The van der Waals surface area contributed by atoms with Gasteiger partial charge in [-0.05, 0) is 37.6 Å². The quantitative estimate of drug-likeness (QED) is 0.730. The highest BCUT2D eigenvalue weighted by Gasteiger charge is 2.29. The van der Waals surface area contributed by atoms with Crippen LogP contribution in [0.4, 0.5) is 0 Å². The van der Waals surface area contributed by atoms with Crippen molar-refractivity contribution in [2.24, 2.45) is 5.92 Å². The van der Waals surface area contributed by atoms with Gasteiger partial charge in [-0.15, -0.1) is 0 Å². The number of nitrogens with zero attached hydrogens (tertiary/aromatic N) is 2. The maximum Gasteiger partial charge on any atom is 0.211 e. The van der Waals surface area contributed by atoms with E-state index in [1.54, 1.807) is 31.1 Å². The van der Waals surface area contributed by atoms with Crippen LogP contribution in [0.15, 0.2) is 36.7 Å². The molecule has 0 amide bonds. The third-order valence-corrected chi connectivity index (χ3v) is 5.97. The normalized spacial score (nSPS) is 20.4. The predicted molar refractivity (Wildman–Crippen MR) is 101 cm³/mol. The number of sulfonamides is 1. The van der Waals surface area contributed by atoms with Crippen LogP contribution < -0.4 is 14.2 Å². The van der Waals surface area contributed by atoms with Gasteiger partial charge in [0.1, 0.15) is 5.75 Å². The molecule has 1 aliphatic rings. The van der Waals surface area contributed by atoms with Gasteiger partial charge in [0.25, 0.3) is 0 Å². The first-order chi connectivity index (χ1) is 13.0. The van der Waals surface area contributed by atoms with E-state index in [0.29, 0.717) is 37.7 Å². The first-order valence-corrected chi connectivity index (χ1v) is 10.6. The number of methoxy groups -OCH3 is 1. The van der Waals surface area contributed by atoms with Crippen LogP contribution in [-0.4, -0.2) is 56.9 Å². The van der Waals surface area contributed by atoms with Gasteiger partial charge in [-0.25, -0.2) is 17.8 Å². The van der Waals surface area contributed by atoms with E-state index >= 15 is 0 Å². The molecule has 0 radical (unpaired) electrons. The summed E-state index contributed by atoms with van der Waals surface area (Å²) in [4.78, 5) is 0. The second-order valence-corrected chi connectivity index (χ2v) is 8.42. The van der Waals surface area contributed by atoms with Crippen molar-refractivity contribution in [2.75, 3.05) is 32.7 Å². The molecule has 2 atom stereocenters. The van der Waals surface area contributed by atoms with E-state index in [4.69, 9.17) is 14.2 Å². The van der Waals surface area contributed by atoms with Crippen LogP contribution in [-0.2, 0) is 14.8 Å². The molecule has 2 aromatic rings. The predicted octanol–water partition coefficient (Wildman–Crippen LogP) is 1.60. The van der Waals surface area contributed by atoms with Crippen LogP contribution >= 0.6 is 0 Å². The molecule has 148 valence electrons. The average molecular weight is 395 g/mol. The molecule has 8 nitrogen and oxygen atoms in total. The first kappa shape index (κ1) is 19.7. The summed E-state index contributed by atoms with van der Waals surface area (Å²) in [5.74, 6) is 1.43. The monoisotopic (exact) mass is 395 g/mol. The lowest BCUT2D eigenvalue weighted by atomic mass is 9.98. The molecule has 1 aromatic carbocycles. The molecule has 0 bridgehead atoms. The van der Waals surface area contributed by atoms with E-state index < -0.39 is 10.0 Å². The summed E-state index contributed by atoms with van der Waals surface area (Å²) in [5, 5.41) is 4.23. The second-order valence-electron chi connectivity index (χ2n) is 6.38. The van der Waals surface area contributed by atoms with Crippen molar-refractivity contribution in [3.05, 3.63) is 36.7 Å². The minimum absolute atomic E-state index is 0.0323. The van der Waals surface area contributed by atoms with Crippen molar-refractivity contribution >= 4 is 10.0 Å². The number of benzene rings is 1. The van der Waals surface area contributed by atoms with Gasteiger partial charge < -0.3 is 14.2 Å². The van der Waals surface area contributed by atoms with E-state index in [2.05, 4.69) is 9.82 Å². The van der Waals surface area contributed by atoms with Crippen LogP contribution in [0.3, 0.4) is 0 Å². The maximum absolute atomic E-state index is 11.9. The molecular weight excluding hydrogens is 370 g/mol. The van der Waals surface area contributed by atoms with Crippen molar-refractivity contribution in [3.63, 3.8) is 0 Å². The molecule has 1 N–H and O–H groups in total. The Kier molecular flexibility index (Phi) is 6.35. The van der Waals surface area contributed by atoms with Gasteiger partial charge in [-0.2, -0.15) is 5.10 Å². The Hall–Kier alpha value is -2.10. The summed E-state index contributed by atoms with van der Waals surface area (Å²) in [6.07, 6.45) is 4.08. The highest BCUT2D eigenvalue weighted by atomic mass is 32.2. The summed E-state index contributed by atoms with van der Waals surface area (Å²) in [6.45, 7) is 3.03. The third-order valence-electron chi connectivity index (χ3n) is 4.55. The van der Waals surface area contributed by atoms with Gasteiger partial charge in [0, 0.05) is 18.6 Å². The fourth-order valence-electron chi connectivity index (χ4n) is 2.88. The van der Waals surface area contributed by atoms with Crippen molar-refractivity contribution in [1.29, 1.82) is 0 Å². The number of rotatable bonds is 8. The molecule has 0 unspecified atom stereocenters. The Morgan fingerprint density at radius 1 is 1.30 bits per heavy atom. The van der Waals surface area contributed by atoms with Crippen LogP contribution in [0.2, 0.25) is 0 Å². The number of ether oxygens (including phenoxy) is 3. The van der Waals surface area contributed by atoms with Crippen molar-refractivity contribution in [3.8, 4) is 17.2 Å². The van der Waals surface area contributed by atoms with E-state index in [9.17, 15) is 8.42 Å². The summed E-state index contributed by atoms with van der Waals surface area (Å²) < 4.78 is 44.7. The highest BCUT2D eigenvalue weighted by molar-refractivity contribution is 7.89. The summed E-state index contributed by atoms with van der Waals surface area (Å²) in [7, 11) is -1.65. The van der Waals surface area contributed by atoms with E-state index in [0.717, 1.165) is 5.69 Å². The van der Waals surface area contributed by atoms with Gasteiger partial charge >= 0.3 is 0 Å². The number of hydrogen-bond acceptors (Lipinski definition) is 6. The van der Waals surface area contributed by atoms with E-state index in [-0.39, 0.29) is 17.7 Å². The fraction of sp³-hybridized carbons (Fsp3) is 0.500. The number of hydrogen-bond donors (Lipinski definition) is 1. The van der Waals surface area contributed by atoms with Gasteiger partial charge in [0.15, 0.2) is 5.75 Å². The zero-order valence-corrected chi connectivity index (χ0v) is 16.3. The largest absolute Gasteiger partial charge is 0.493 e. The van der Waals surface area contributed by atoms with Gasteiger partial charge in [0.2, 0.25) is 10.0 Å². The first-order valence-electron chi connectivity index (χ1n) is 8.90. The molecule has 0 aliphatic carbocycles. The Morgan fingerprint density at radius 2 is 2.07 bits per heavy atom. The molecule has 3 rings (SSSR count). The molecule has 1 aromatic heterocycles. The summed E-state index contributed by atoms with van der Waals surface area (Å²) in [6, 6.07) is 7.35. The lowest BCUT2D eigenvalue weighted by Gasteiger charge is -2.31. The molecule has 0 saturated carbocycles. The summed E-state index contributed by atoms with van der Waals surface area (Å²) >= 11 is 0. The zero-order valence-electron chi connectivity index (χ0n) is 15.5. The fourth-order valence-corrected chi connectivity index (χ4v) is 3.82. The topological polar surface area (TPSA) is 91.7 Å². The van der Waals surface area contributed by atoms with Gasteiger partial charge in [0.05, 0.1) is 44.2 Å². The SMILES string of the molecule is CCS(=O)(=O)N[C@H]1CCOC[C@@H]1COc1ccc(-n2cc(OC)cn2)cc1. The van der Waals surface area contributed by atoms with Crippen molar-refractivity contribution in [1.82, 2.24) is 14.5 Å². The standard InChI is InChI=1S/C18H25N3O5S/c1-3-27(22,23)20-18-8-9-25-12-14(18)13-26-16-6-4-15(5-7-16)21-11-17(24-2)10-19-21/h4-7,10-11,14,18,20H,3,8-9,12-13H2,1-2H3/t14-,18+/m1/s1. The highest BCUT2D eigenvalue weighted by Crippen LogP contribution is 2.21. The summed E-state index contributed by atoms with van der Waals surface area (Å²) in [5.41, 5.74) is 0.889. The Balaban J connectivity index is 1.59. The van der Waals surface area contributed by atoms with E-state index in [1.165, 1.54) is 0 Å². The van der Waals surface area contributed by atoms with Gasteiger partial charge in [-0.1, -0.05) is 0 Å². The maximum atomic E-state index is 11.9. The Bertz CT molecular complexity index is 835. The minimum atomic E-state index is -3.25. The van der Waals surface area contributed by atoms with Gasteiger partial charge in [-0.3, -0.25) is 0 Å². The lowest BCUT2D eigenvalue weighted by molar-refractivity contribution is 0.0186. The average Bonchev–Trinajstić information content (AvgIpc) is 3.17. The van der Waals surface area contributed by atoms with E-state index in [1.807, 2.05) is 24.3 Å². The Morgan fingerprint density at radius 3 is 2.74 bits per heavy atom. The lowest BCUT2D eigenvalue weighted by Crippen LogP contribution is -2.47. The minimum Gasteiger partial charge on any atom is -0.493 e. The van der Waals surface area contributed by atoms with Crippen molar-refractivity contribution in [2.45, 2.75) is 19.4 Å². The number of aromatic nitrogens is 2. The Labute approximate surface area is 159 Å². The molecule has 1 aliphatic heterocycles. The zero-order chi connectivity index (χ0) is 19.3. The van der Waals surface area contributed by atoms with Crippen molar-refractivity contribution < 1.29 is 22.6 Å². The molecule has 27 heavy (non-hydrogen) atoms. The molecule has 0 spiro atoms. The molecule has 1 fully saturated rings.